The molecule has 0 bridgehead atoms. The van der Waals surface area contributed by atoms with E-state index in [9.17, 15) is 0 Å². The monoisotopic (exact) mass is 246 g/mol. The van der Waals surface area contributed by atoms with E-state index in [0.717, 1.165) is 36.3 Å². The van der Waals surface area contributed by atoms with Crippen LogP contribution in [0.15, 0.2) is 18.2 Å². The maximum Gasteiger partial charge on any atom is 0.0512 e. The van der Waals surface area contributed by atoms with Gasteiger partial charge in [-0.1, -0.05) is 35.7 Å². The second-order valence-corrected chi connectivity index (χ2v) is 4.67. The van der Waals surface area contributed by atoms with Gasteiger partial charge in [-0.15, -0.1) is 0 Å². The predicted octanol–water partition coefficient (Wildman–Crippen LogP) is 4.09. The van der Waals surface area contributed by atoms with Crippen LogP contribution < -0.4 is 0 Å². The zero-order valence-corrected chi connectivity index (χ0v) is 10.4. The summed E-state index contributed by atoms with van der Waals surface area (Å²) in [5.74, 6) is 0. The Bertz CT molecular complexity index is 310. The van der Waals surface area contributed by atoms with Gasteiger partial charge in [-0.05, 0) is 43.9 Å². The molecular weight excluding hydrogens is 231 g/mol. The van der Waals surface area contributed by atoms with E-state index in [-0.39, 0.29) is 6.10 Å². The highest BCUT2D eigenvalue weighted by Gasteiger charge is 2.01. The van der Waals surface area contributed by atoms with Crippen molar-refractivity contribution in [3.63, 3.8) is 0 Å². The van der Waals surface area contributed by atoms with Crippen molar-refractivity contribution in [3.05, 3.63) is 33.8 Å². The van der Waals surface area contributed by atoms with Gasteiger partial charge in [0.15, 0.2) is 0 Å². The van der Waals surface area contributed by atoms with E-state index in [2.05, 4.69) is 0 Å². The van der Waals surface area contributed by atoms with Crippen molar-refractivity contribution in [3.8, 4) is 0 Å². The highest BCUT2D eigenvalue weighted by Crippen LogP contribution is 2.22. The summed E-state index contributed by atoms with van der Waals surface area (Å²) in [5, 5.41) is 10.5. The van der Waals surface area contributed by atoms with E-state index in [1.165, 1.54) is 0 Å². The number of aryl methyl sites for hydroxylation is 1. The van der Waals surface area contributed by atoms with Gasteiger partial charge in [-0.2, -0.15) is 0 Å². The van der Waals surface area contributed by atoms with Crippen molar-refractivity contribution in [2.45, 2.75) is 38.7 Å². The lowest BCUT2D eigenvalue weighted by Crippen LogP contribution is -1.99. The van der Waals surface area contributed by atoms with Crippen molar-refractivity contribution in [1.29, 1.82) is 0 Å². The number of halogens is 2. The summed E-state index contributed by atoms with van der Waals surface area (Å²) in [6.45, 7) is 1.81. The second kappa shape index (κ2) is 6.37. The molecule has 0 radical (unpaired) electrons. The molecule has 1 aromatic rings. The molecule has 84 valence electrons. The molecule has 0 fully saturated rings. The summed E-state index contributed by atoms with van der Waals surface area (Å²) < 4.78 is 0. The van der Waals surface area contributed by atoms with Crippen LogP contribution >= 0.6 is 23.2 Å². The fraction of sp³-hybridized carbons (Fsp3) is 0.500. The van der Waals surface area contributed by atoms with Crippen LogP contribution in [0.2, 0.25) is 10.0 Å². The maximum absolute atomic E-state index is 9.10. The molecule has 0 aliphatic rings. The van der Waals surface area contributed by atoms with Gasteiger partial charge >= 0.3 is 0 Å². The largest absolute Gasteiger partial charge is 0.393 e. The Morgan fingerprint density at radius 3 is 2.60 bits per heavy atom. The Balaban J connectivity index is 2.37. The van der Waals surface area contributed by atoms with Gasteiger partial charge in [0, 0.05) is 10.0 Å². The standard InChI is InChI=1S/C12H16Cl2O/c1-9(15)4-2-3-5-10-6-7-11(13)8-12(10)14/h6-9,15H,2-5H2,1H3. The zero-order valence-electron chi connectivity index (χ0n) is 8.84. The smallest absolute Gasteiger partial charge is 0.0512 e. The number of benzene rings is 1. The molecule has 1 nitrogen and oxygen atoms in total. The quantitative estimate of drug-likeness (QED) is 0.777. The molecule has 1 atom stereocenters. The summed E-state index contributed by atoms with van der Waals surface area (Å²) in [7, 11) is 0. The molecule has 15 heavy (non-hydrogen) atoms. The predicted molar refractivity (Wildman–Crippen MR) is 65.7 cm³/mol. The minimum atomic E-state index is -0.203. The van der Waals surface area contributed by atoms with Crippen LogP contribution in [0.4, 0.5) is 0 Å². The van der Waals surface area contributed by atoms with Crippen molar-refractivity contribution in [1.82, 2.24) is 0 Å². The molecule has 0 aromatic heterocycles. The lowest BCUT2D eigenvalue weighted by atomic mass is 10.1. The van der Waals surface area contributed by atoms with Crippen LogP contribution in [-0.2, 0) is 6.42 Å². The van der Waals surface area contributed by atoms with Crippen LogP contribution in [0.1, 0.15) is 31.7 Å². The Hall–Kier alpha value is -0.240. The van der Waals surface area contributed by atoms with Gasteiger partial charge in [0.2, 0.25) is 0 Å². The van der Waals surface area contributed by atoms with Gasteiger partial charge in [-0.25, -0.2) is 0 Å². The van der Waals surface area contributed by atoms with E-state index in [1.54, 1.807) is 6.07 Å². The fourth-order valence-electron chi connectivity index (χ4n) is 1.48. The molecule has 3 heteroatoms. The molecule has 0 aliphatic heterocycles. The average molecular weight is 247 g/mol. The zero-order chi connectivity index (χ0) is 11.3. The molecule has 0 spiro atoms. The summed E-state index contributed by atoms with van der Waals surface area (Å²) in [6, 6.07) is 5.59. The van der Waals surface area contributed by atoms with Gasteiger partial charge in [0.1, 0.15) is 0 Å². The lowest BCUT2D eigenvalue weighted by molar-refractivity contribution is 0.180. The third-order valence-corrected chi connectivity index (χ3v) is 2.92. The van der Waals surface area contributed by atoms with Gasteiger partial charge < -0.3 is 5.11 Å². The Morgan fingerprint density at radius 1 is 1.27 bits per heavy atom. The van der Waals surface area contributed by atoms with Crippen molar-refractivity contribution >= 4 is 23.2 Å². The number of unbranched alkanes of at least 4 members (excludes halogenated alkanes) is 1. The molecular formula is C12H16Cl2O. The van der Waals surface area contributed by atoms with Crippen LogP contribution in [-0.4, -0.2) is 11.2 Å². The Morgan fingerprint density at radius 2 is 2.00 bits per heavy atom. The minimum Gasteiger partial charge on any atom is -0.393 e. The molecule has 0 heterocycles. The lowest BCUT2D eigenvalue weighted by Gasteiger charge is -2.06. The van der Waals surface area contributed by atoms with Gasteiger partial charge in [-0.3, -0.25) is 0 Å². The first-order valence-corrected chi connectivity index (χ1v) is 5.97. The summed E-state index contributed by atoms with van der Waals surface area (Å²) in [6.07, 6.45) is 3.67. The number of aliphatic hydroxyl groups is 1. The number of aliphatic hydroxyl groups excluding tert-OH is 1. The fourth-order valence-corrected chi connectivity index (χ4v) is 1.98. The summed E-state index contributed by atoms with van der Waals surface area (Å²) in [4.78, 5) is 0. The Labute approximate surface area is 101 Å². The number of rotatable bonds is 5. The van der Waals surface area contributed by atoms with Crippen molar-refractivity contribution in [2.75, 3.05) is 0 Å². The van der Waals surface area contributed by atoms with Crippen molar-refractivity contribution < 1.29 is 5.11 Å². The van der Waals surface area contributed by atoms with Gasteiger partial charge in [0.25, 0.3) is 0 Å². The van der Waals surface area contributed by atoms with E-state index >= 15 is 0 Å². The highest BCUT2D eigenvalue weighted by molar-refractivity contribution is 6.35. The molecule has 1 unspecified atom stereocenters. The van der Waals surface area contributed by atoms with Crippen LogP contribution in [0.3, 0.4) is 0 Å². The molecule has 1 aromatic carbocycles. The first-order valence-electron chi connectivity index (χ1n) is 5.21. The van der Waals surface area contributed by atoms with E-state index in [4.69, 9.17) is 28.3 Å². The second-order valence-electron chi connectivity index (χ2n) is 3.83. The minimum absolute atomic E-state index is 0.203. The van der Waals surface area contributed by atoms with Gasteiger partial charge in [0.05, 0.1) is 6.10 Å². The maximum atomic E-state index is 9.10. The van der Waals surface area contributed by atoms with Crippen LogP contribution in [0, 0.1) is 0 Å². The average Bonchev–Trinajstić information content (AvgIpc) is 2.14. The van der Waals surface area contributed by atoms with Crippen LogP contribution in [0.5, 0.6) is 0 Å². The SMILES string of the molecule is CC(O)CCCCc1ccc(Cl)cc1Cl. The Kier molecular flexibility index (Phi) is 5.44. The highest BCUT2D eigenvalue weighted by atomic mass is 35.5. The molecule has 0 amide bonds. The van der Waals surface area contributed by atoms with Crippen molar-refractivity contribution in [2.24, 2.45) is 0 Å². The molecule has 0 saturated heterocycles. The number of hydrogen-bond acceptors (Lipinski definition) is 1. The summed E-state index contributed by atoms with van der Waals surface area (Å²) in [5.41, 5.74) is 1.13. The third kappa shape index (κ3) is 4.87. The topological polar surface area (TPSA) is 20.2 Å². The van der Waals surface area contributed by atoms with E-state index in [1.807, 2.05) is 19.1 Å². The molecule has 1 N–H and O–H groups in total. The molecule has 0 saturated carbocycles. The first-order chi connectivity index (χ1) is 7.09. The number of hydrogen-bond donors (Lipinski definition) is 1. The van der Waals surface area contributed by atoms with E-state index < -0.39 is 0 Å². The van der Waals surface area contributed by atoms with E-state index in [0.29, 0.717) is 5.02 Å². The third-order valence-electron chi connectivity index (χ3n) is 2.33. The molecule has 1 rings (SSSR count). The normalized spacial score (nSPS) is 12.8. The molecule has 0 aliphatic carbocycles. The van der Waals surface area contributed by atoms with Crippen LogP contribution in [0.25, 0.3) is 0 Å². The first kappa shape index (κ1) is 12.8. The summed E-state index contributed by atoms with van der Waals surface area (Å²) >= 11 is 11.8.